The van der Waals surface area contributed by atoms with Crippen LogP contribution in [0.25, 0.3) is 0 Å². The second kappa shape index (κ2) is 7.81. The molecular weight excluding hydrogens is 406 g/mol. The van der Waals surface area contributed by atoms with Crippen LogP contribution in [0.4, 0.5) is 11.4 Å². The van der Waals surface area contributed by atoms with E-state index in [9.17, 15) is 23.3 Å². The van der Waals surface area contributed by atoms with E-state index in [1.54, 1.807) is 42.2 Å². The van der Waals surface area contributed by atoms with Gasteiger partial charge in [-0.05, 0) is 62.4 Å². The van der Waals surface area contributed by atoms with Gasteiger partial charge in [-0.1, -0.05) is 6.07 Å². The Morgan fingerprint density at radius 3 is 2.47 bits per heavy atom. The Hall–Kier alpha value is -2.78. The van der Waals surface area contributed by atoms with Crippen molar-refractivity contribution in [2.45, 2.75) is 37.5 Å². The van der Waals surface area contributed by atoms with Crippen LogP contribution >= 0.6 is 0 Å². The molecule has 0 aliphatic carbocycles. The Morgan fingerprint density at radius 1 is 1.03 bits per heavy atom. The maximum absolute atomic E-state index is 13.1. The fraction of sp³-hybridized carbons (Fsp3) is 0.381. The van der Waals surface area contributed by atoms with Gasteiger partial charge in [-0.25, -0.2) is 8.42 Å². The molecule has 1 saturated heterocycles. The van der Waals surface area contributed by atoms with E-state index >= 15 is 0 Å². The van der Waals surface area contributed by atoms with Crippen molar-refractivity contribution in [2.24, 2.45) is 0 Å². The van der Waals surface area contributed by atoms with Gasteiger partial charge < -0.3 is 4.90 Å². The molecule has 2 aromatic rings. The van der Waals surface area contributed by atoms with Crippen LogP contribution in [-0.4, -0.2) is 43.2 Å². The fourth-order valence-electron chi connectivity index (χ4n) is 4.12. The van der Waals surface area contributed by atoms with Crippen molar-refractivity contribution in [1.29, 1.82) is 0 Å². The molecule has 30 heavy (non-hydrogen) atoms. The van der Waals surface area contributed by atoms with Gasteiger partial charge in [0.1, 0.15) is 0 Å². The van der Waals surface area contributed by atoms with Gasteiger partial charge in [-0.2, -0.15) is 4.31 Å². The maximum Gasteiger partial charge on any atom is 0.273 e. The molecule has 2 aliphatic heterocycles. The van der Waals surface area contributed by atoms with E-state index < -0.39 is 14.9 Å². The molecule has 8 nitrogen and oxygen atoms in total. The van der Waals surface area contributed by atoms with Crippen molar-refractivity contribution < 1.29 is 18.1 Å². The SMILES string of the molecule is Cc1ccc(C(=O)N2CCCc3cc(S(=O)(=O)N4CCCC4)ccc32)cc1[N+](=O)[O-]. The van der Waals surface area contributed by atoms with Gasteiger partial charge >= 0.3 is 0 Å². The second-order valence-electron chi connectivity index (χ2n) is 7.72. The molecule has 2 aliphatic rings. The quantitative estimate of drug-likeness (QED) is 0.548. The standard InChI is InChI=1S/C21H23N3O5S/c1-15-6-7-17(14-20(15)24(26)27)21(25)23-12-4-5-16-13-18(8-9-19(16)23)30(28,29)22-10-2-3-11-22/h6-9,13-14H,2-5,10-12H2,1H3. The molecule has 0 N–H and O–H groups in total. The lowest BCUT2D eigenvalue weighted by Gasteiger charge is -2.30. The van der Waals surface area contributed by atoms with Crippen molar-refractivity contribution in [3.8, 4) is 0 Å². The Morgan fingerprint density at radius 2 is 1.77 bits per heavy atom. The van der Waals surface area contributed by atoms with E-state index in [0.717, 1.165) is 18.4 Å². The molecule has 4 rings (SSSR count). The average molecular weight is 429 g/mol. The molecule has 1 amide bonds. The smallest absolute Gasteiger partial charge is 0.273 e. The number of sulfonamides is 1. The van der Waals surface area contributed by atoms with Gasteiger partial charge in [0.05, 0.1) is 9.82 Å². The van der Waals surface area contributed by atoms with Gasteiger partial charge in [0.2, 0.25) is 10.0 Å². The molecule has 2 heterocycles. The minimum absolute atomic E-state index is 0.0925. The number of nitrogens with zero attached hydrogens (tertiary/aromatic N) is 3. The summed E-state index contributed by atoms with van der Waals surface area (Å²) in [6.45, 7) is 3.18. The zero-order chi connectivity index (χ0) is 21.5. The summed E-state index contributed by atoms with van der Waals surface area (Å²) in [5.41, 5.74) is 2.11. The number of aryl methyl sites for hydroxylation is 2. The Bertz CT molecular complexity index is 1120. The zero-order valence-electron chi connectivity index (χ0n) is 16.7. The van der Waals surface area contributed by atoms with E-state index in [1.807, 2.05) is 0 Å². The monoisotopic (exact) mass is 429 g/mol. The molecule has 2 aromatic carbocycles. The summed E-state index contributed by atoms with van der Waals surface area (Å²) < 4.78 is 27.2. The predicted molar refractivity (Wildman–Crippen MR) is 112 cm³/mol. The molecule has 0 radical (unpaired) electrons. The largest absolute Gasteiger partial charge is 0.308 e. The maximum atomic E-state index is 13.1. The van der Waals surface area contributed by atoms with Crippen LogP contribution < -0.4 is 4.90 Å². The molecule has 0 spiro atoms. The summed E-state index contributed by atoms with van der Waals surface area (Å²) in [4.78, 5) is 25.7. The third-order valence-corrected chi connectivity index (χ3v) is 7.66. The molecular formula is C21H23N3O5S. The number of carbonyl (C=O) groups excluding carboxylic acids is 1. The van der Waals surface area contributed by atoms with Gasteiger partial charge in [-0.15, -0.1) is 0 Å². The lowest BCUT2D eigenvalue weighted by Crippen LogP contribution is -2.36. The van der Waals surface area contributed by atoms with E-state index in [2.05, 4.69) is 0 Å². The van der Waals surface area contributed by atoms with Crippen LogP contribution in [0.1, 0.15) is 40.7 Å². The average Bonchev–Trinajstić information content (AvgIpc) is 3.28. The number of anilines is 1. The van der Waals surface area contributed by atoms with Crippen molar-refractivity contribution >= 4 is 27.3 Å². The lowest BCUT2D eigenvalue weighted by atomic mass is 10.0. The van der Waals surface area contributed by atoms with E-state index in [1.165, 1.54) is 10.4 Å². The summed E-state index contributed by atoms with van der Waals surface area (Å²) in [6, 6.07) is 9.36. The number of amides is 1. The van der Waals surface area contributed by atoms with Crippen LogP contribution in [0.2, 0.25) is 0 Å². The van der Waals surface area contributed by atoms with Crippen LogP contribution in [0.15, 0.2) is 41.3 Å². The summed E-state index contributed by atoms with van der Waals surface area (Å²) in [7, 11) is -3.53. The number of hydrogen-bond acceptors (Lipinski definition) is 5. The van der Waals surface area contributed by atoms with Gasteiger partial charge in [0.25, 0.3) is 11.6 Å². The predicted octanol–water partition coefficient (Wildman–Crippen LogP) is 3.28. The highest BCUT2D eigenvalue weighted by Crippen LogP contribution is 2.32. The van der Waals surface area contributed by atoms with Crippen LogP contribution in [-0.2, 0) is 16.4 Å². The topological polar surface area (TPSA) is 101 Å². The molecule has 0 atom stereocenters. The molecule has 0 aromatic heterocycles. The first-order valence-corrected chi connectivity index (χ1v) is 11.4. The van der Waals surface area contributed by atoms with Crippen molar-refractivity contribution in [3.63, 3.8) is 0 Å². The Labute approximate surface area is 175 Å². The van der Waals surface area contributed by atoms with E-state index in [4.69, 9.17) is 0 Å². The van der Waals surface area contributed by atoms with Gasteiger partial charge in [0, 0.05) is 42.5 Å². The Balaban J connectivity index is 1.67. The number of nitro groups is 1. The van der Waals surface area contributed by atoms with E-state index in [0.29, 0.717) is 43.7 Å². The molecule has 1 fully saturated rings. The number of benzene rings is 2. The minimum Gasteiger partial charge on any atom is -0.308 e. The minimum atomic E-state index is -3.53. The first-order valence-electron chi connectivity index (χ1n) is 9.99. The second-order valence-corrected chi connectivity index (χ2v) is 9.66. The summed E-state index contributed by atoms with van der Waals surface area (Å²) in [5.74, 6) is -0.325. The normalized spacial score (nSPS) is 17.0. The molecule has 0 bridgehead atoms. The number of nitro benzene ring substituents is 1. The number of fused-ring (bicyclic) bond motifs is 1. The van der Waals surface area contributed by atoms with Crippen molar-refractivity contribution in [3.05, 3.63) is 63.2 Å². The van der Waals surface area contributed by atoms with Gasteiger partial charge in [-0.3, -0.25) is 14.9 Å². The van der Waals surface area contributed by atoms with Crippen LogP contribution in [0.3, 0.4) is 0 Å². The van der Waals surface area contributed by atoms with Crippen molar-refractivity contribution in [2.75, 3.05) is 24.5 Å². The first kappa shape index (κ1) is 20.5. The van der Waals surface area contributed by atoms with Crippen LogP contribution in [0.5, 0.6) is 0 Å². The molecule has 158 valence electrons. The zero-order valence-corrected chi connectivity index (χ0v) is 17.5. The summed E-state index contributed by atoms with van der Waals surface area (Å²) in [6.07, 6.45) is 3.11. The van der Waals surface area contributed by atoms with Gasteiger partial charge in [0.15, 0.2) is 0 Å². The highest BCUT2D eigenvalue weighted by atomic mass is 32.2. The number of rotatable bonds is 4. The van der Waals surface area contributed by atoms with E-state index in [-0.39, 0.29) is 22.1 Å². The first-order chi connectivity index (χ1) is 14.3. The molecule has 9 heteroatoms. The molecule has 0 unspecified atom stereocenters. The number of hydrogen-bond donors (Lipinski definition) is 0. The lowest BCUT2D eigenvalue weighted by molar-refractivity contribution is -0.385. The van der Waals surface area contributed by atoms with Crippen molar-refractivity contribution in [1.82, 2.24) is 4.31 Å². The summed E-state index contributed by atoms with van der Waals surface area (Å²) in [5, 5.41) is 11.2. The van der Waals surface area contributed by atoms with Crippen LogP contribution in [0, 0.1) is 17.0 Å². The highest BCUT2D eigenvalue weighted by Gasteiger charge is 2.30. The fourth-order valence-corrected chi connectivity index (χ4v) is 5.69. The highest BCUT2D eigenvalue weighted by molar-refractivity contribution is 7.89. The third-order valence-electron chi connectivity index (χ3n) is 5.77. The molecule has 0 saturated carbocycles. The number of carbonyl (C=O) groups is 1. The summed E-state index contributed by atoms with van der Waals surface area (Å²) >= 11 is 0. The third kappa shape index (κ3) is 3.59. The Kier molecular flexibility index (Phi) is 5.33.